The van der Waals surface area contributed by atoms with Gasteiger partial charge in [-0.15, -0.1) is 10.2 Å². The average molecular weight is 426 g/mol. The summed E-state index contributed by atoms with van der Waals surface area (Å²) in [4.78, 5) is 8.28. The number of nitrogens with one attached hydrogen (secondary N) is 1. The lowest BCUT2D eigenvalue weighted by Crippen LogP contribution is -2.47. The Morgan fingerprint density at radius 2 is 2.19 bits per heavy atom. The molecule has 160 valence electrons. The van der Waals surface area contributed by atoms with Crippen molar-refractivity contribution in [2.24, 2.45) is 0 Å². The molecular formula is C21H20F2N6O2. The highest BCUT2D eigenvalue weighted by Crippen LogP contribution is 2.42. The van der Waals surface area contributed by atoms with Crippen LogP contribution in [0.3, 0.4) is 0 Å². The van der Waals surface area contributed by atoms with Crippen LogP contribution in [0.25, 0.3) is 23.2 Å². The van der Waals surface area contributed by atoms with Gasteiger partial charge >= 0.3 is 0 Å². The van der Waals surface area contributed by atoms with Crippen LogP contribution < -0.4 is 5.32 Å². The number of benzene rings is 1. The van der Waals surface area contributed by atoms with E-state index < -0.39 is 24.1 Å². The van der Waals surface area contributed by atoms with Gasteiger partial charge in [-0.05, 0) is 30.2 Å². The Kier molecular flexibility index (Phi) is 4.75. The number of aromatic nitrogens is 5. The number of methoxy groups -OCH3 is 1. The summed E-state index contributed by atoms with van der Waals surface area (Å²) in [6, 6.07) is 3.76. The van der Waals surface area contributed by atoms with E-state index in [2.05, 4.69) is 25.5 Å². The molecule has 0 radical (unpaired) electrons. The van der Waals surface area contributed by atoms with Crippen molar-refractivity contribution in [2.45, 2.75) is 37.0 Å². The zero-order chi connectivity index (χ0) is 21.6. The van der Waals surface area contributed by atoms with Crippen molar-refractivity contribution in [1.29, 1.82) is 0 Å². The monoisotopic (exact) mass is 426 g/mol. The number of hydrogen-bond acceptors (Lipinski definition) is 7. The Balaban J connectivity index is 1.39. The molecule has 2 aromatic heterocycles. The van der Waals surface area contributed by atoms with Gasteiger partial charge in [-0.3, -0.25) is 0 Å². The summed E-state index contributed by atoms with van der Waals surface area (Å²) in [7, 11) is 1.51. The maximum absolute atomic E-state index is 14.1. The smallest absolute Gasteiger partial charge is 0.265 e. The Morgan fingerprint density at radius 1 is 1.32 bits per heavy atom. The Bertz CT molecular complexity index is 1120. The third-order valence-electron chi connectivity index (χ3n) is 5.78. The van der Waals surface area contributed by atoms with Crippen LogP contribution in [0.5, 0.6) is 5.75 Å². The van der Waals surface area contributed by atoms with Crippen molar-refractivity contribution in [3.63, 3.8) is 0 Å². The fraction of sp³-hybridized carbons (Fsp3) is 0.333. The topological polar surface area (TPSA) is 98.0 Å². The first-order chi connectivity index (χ1) is 14.9. The number of fused-ring (bicyclic) bond motifs is 2. The van der Waals surface area contributed by atoms with Crippen LogP contribution in [0.2, 0.25) is 0 Å². The van der Waals surface area contributed by atoms with Crippen LogP contribution in [-0.4, -0.2) is 61.1 Å². The normalized spacial score (nSPS) is 25.8. The number of rotatable bonds is 4. The molecule has 1 aromatic carbocycles. The molecule has 5 rings (SSSR count). The number of halogens is 2. The number of imidazole rings is 1. The Morgan fingerprint density at radius 3 is 2.87 bits per heavy atom. The van der Waals surface area contributed by atoms with Gasteiger partial charge in [-0.2, -0.15) is 0 Å². The Hall–Kier alpha value is -3.24. The van der Waals surface area contributed by atoms with Gasteiger partial charge in [0.15, 0.2) is 5.82 Å². The summed E-state index contributed by atoms with van der Waals surface area (Å²) in [5, 5.41) is 21.6. The summed E-state index contributed by atoms with van der Waals surface area (Å²) >= 11 is 0. The van der Waals surface area contributed by atoms with Gasteiger partial charge in [-0.25, -0.2) is 18.7 Å². The highest BCUT2D eigenvalue weighted by Gasteiger charge is 2.54. The van der Waals surface area contributed by atoms with Crippen LogP contribution >= 0.6 is 0 Å². The lowest BCUT2D eigenvalue weighted by atomic mass is 9.94. The molecule has 3 atom stereocenters. The second-order valence-electron chi connectivity index (χ2n) is 7.75. The van der Waals surface area contributed by atoms with Crippen LogP contribution in [-0.2, 0) is 4.74 Å². The molecule has 0 aliphatic carbocycles. The number of piperidine rings is 1. The first-order valence-corrected chi connectivity index (χ1v) is 9.83. The van der Waals surface area contributed by atoms with Gasteiger partial charge < -0.3 is 19.7 Å². The minimum atomic E-state index is -2.76. The molecule has 2 N–H and O–H groups in total. The minimum Gasteiger partial charge on any atom is -0.507 e. The molecule has 0 unspecified atom stereocenters. The van der Waals surface area contributed by atoms with E-state index in [0.29, 0.717) is 11.3 Å². The minimum absolute atomic E-state index is 0.00992. The lowest BCUT2D eigenvalue weighted by Gasteiger charge is -2.31. The number of alkyl halides is 2. The van der Waals surface area contributed by atoms with Crippen LogP contribution in [0.15, 0.2) is 48.7 Å². The third-order valence-corrected chi connectivity index (χ3v) is 5.78. The van der Waals surface area contributed by atoms with E-state index in [-0.39, 0.29) is 24.4 Å². The van der Waals surface area contributed by atoms with Gasteiger partial charge in [-0.1, -0.05) is 0 Å². The van der Waals surface area contributed by atoms with E-state index in [1.54, 1.807) is 41.5 Å². The standard InChI is InChI=1S/C21H20F2N6O2/c1-31-19-12(7-18-21(22,23)9-16(19)26-18)6-13-10-25-20(28-27-13)15-3-2-14(8-17(15)30)29-5-4-24-11-29/h2-6,8,10-11,16,18-19,26,30H,7,9H2,1H3/b12-6-/t16-,18-,19-/m1/s1. The molecule has 31 heavy (non-hydrogen) atoms. The van der Waals surface area contributed by atoms with Gasteiger partial charge in [0.25, 0.3) is 5.92 Å². The molecule has 2 bridgehead atoms. The third kappa shape index (κ3) is 3.57. The molecule has 2 fully saturated rings. The number of hydrogen-bond donors (Lipinski definition) is 2. The maximum atomic E-state index is 14.1. The highest BCUT2D eigenvalue weighted by atomic mass is 19.3. The molecule has 0 saturated carbocycles. The first kappa shape index (κ1) is 19.7. The second-order valence-corrected chi connectivity index (χ2v) is 7.75. The predicted octanol–water partition coefficient (Wildman–Crippen LogP) is 2.60. The van der Waals surface area contributed by atoms with Crippen molar-refractivity contribution in [3.8, 4) is 22.8 Å². The summed E-state index contributed by atoms with van der Waals surface area (Å²) < 4.78 is 35.4. The van der Waals surface area contributed by atoms with E-state index in [1.807, 2.05) is 6.07 Å². The molecule has 10 heteroatoms. The van der Waals surface area contributed by atoms with E-state index in [0.717, 1.165) is 11.3 Å². The van der Waals surface area contributed by atoms with E-state index in [4.69, 9.17) is 4.74 Å². The number of aromatic hydroxyl groups is 1. The van der Waals surface area contributed by atoms with E-state index in [9.17, 15) is 13.9 Å². The molecule has 2 aliphatic rings. The second kappa shape index (κ2) is 7.47. The number of phenols is 1. The fourth-order valence-electron chi connectivity index (χ4n) is 4.29. The van der Waals surface area contributed by atoms with Gasteiger partial charge in [0, 0.05) is 38.0 Å². The van der Waals surface area contributed by atoms with Crippen LogP contribution in [0, 0.1) is 0 Å². The van der Waals surface area contributed by atoms with Crippen molar-refractivity contribution < 1.29 is 18.6 Å². The SMILES string of the molecule is CO[C@@H]1/C(=C\c2cnc(-c3ccc(-n4ccnc4)cc3O)nn2)C[C@H]2N[C@@H]1CC2(F)F. The van der Waals surface area contributed by atoms with Crippen molar-refractivity contribution in [3.05, 3.63) is 54.4 Å². The maximum Gasteiger partial charge on any atom is 0.265 e. The first-order valence-electron chi connectivity index (χ1n) is 9.83. The molecule has 0 amide bonds. The molecule has 8 nitrogen and oxygen atoms in total. The molecular weight excluding hydrogens is 406 g/mol. The molecule has 2 saturated heterocycles. The highest BCUT2D eigenvalue weighted by molar-refractivity contribution is 5.66. The quantitative estimate of drug-likeness (QED) is 0.662. The largest absolute Gasteiger partial charge is 0.507 e. The van der Waals surface area contributed by atoms with Crippen molar-refractivity contribution in [1.82, 2.24) is 30.0 Å². The van der Waals surface area contributed by atoms with Gasteiger partial charge in [0.1, 0.15) is 11.4 Å². The number of phenolic OH excluding ortho intramolecular Hbond substituents is 1. The molecule has 3 aromatic rings. The number of nitrogens with zero attached hydrogens (tertiary/aromatic N) is 5. The van der Waals surface area contributed by atoms with E-state index >= 15 is 0 Å². The van der Waals surface area contributed by atoms with Crippen molar-refractivity contribution >= 4 is 6.08 Å². The summed E-state index contributed by atoms with van der Waals surface area (Å²) in [6.45, 7) is 0. The molecule has 4 heterocycles. The predicted molar refractivity (Wildman–Crippen MR) is 108 cm³/mol. The molecule has 2 aliphatic heterocycles. The lowest BCUT2D eigenvalue weighted by molar-refractivity contribution is -0.00999. The number of ether oxygens (including phenoxy) is 1. The average Bonchev–Trinajstić information content (AvgIpc) is 3.36. The van der Waals surface area contributed by atoms with Crippen LogP contribution in [0.1, 0.15) is 18.5 Å². The summed E-state index contributed by atoms with van der Waals surface area (Å²) in [5.41, 5.74) is 2.37. The Labute approximate surface area is 176 Å². The van der Waals surface area contributed by atoms with Crippen molar-refractivity contribution in [2.75, 3.05) is 7.11 Å². The van der Waals surface area contributed by atoms with Gasteiger partial charge in [0.05, 0.1) is 35.9 Å². The molecule has 0 spiro atoms. The van der Waals surface area contributed by atoms with Crippen LogP contribution in [0.4, 0.5) is 8.78 Å². The zero-order valence-corrected chi connectivity index (χ0v) is 16.6. The fourth-order valence-corrected chi connectivity index (χ4v) is 4.29. The van der Waals surface area contributed by atoms with E-state index in [1.165, 1.54) is 13.3 Å². The summed E-state index contributed by atoms with van der Waals surface area (Å²) in [6.07, 6.45) is 7.73. The summed E-state index contributed by atoms with van der Waals surface area (Å²) in [5.74, 6) is -2.49. The zero-order valence-electron chi connectivity index (χ0n) is 16.6. The van der Waals surface area contributed by atoms with Gasteiger partial charge in [0.2, 0.25) is 0 Å².